The second kappa shape index (κ2) is 7.70. The van der Waals surface area contributed by atoms with Gasteiger partial charge in [-0.15, -0.1) is 0 Å². The summed E-state index contributed by atoms with van der Waals surface area (Å²) in [6, 6.07) is 4.70. The van der Waals surface area contributed by atoms with Crippen LogP contribution in [-0.2, 0) is 29.2 Å². The van der Waals surface area contributed by atoms with Crippen molar-refractivity contribution in [1.29, 1.82) is 0 Å². The number of benzene rings is 1. The standard InChI is InChI=1S/C19H23FN6O3/c1-12(27)22-7-15-10-26(19(28)29-15)14-2-3-18(16(20)6-14)24-8-13-9-25(5-4-21)23-17(13)11-24/h2-3,6,9,15H,4-5,7-8,10-11,21H2,1H3,(H,22,27)/t15-/m0/s1. The first kappa shape index (κ1) is 19.2. The van der Waals surface area contributed by atoms with Gasteiger partial charge in [0.25, 0.3) is 0 Å². The highest BCUT2D eigenvalue weighted by molar-refractivity contribution is 5.90. The zero-order valence-corrected chi connectivity index (χ0v) is 16.1. The molecule has 0 saturated carbocycles. The quantitative estimate of drug-likeness (QED) is 0.746. The highest BCUT2D eigenvalue weighted by Gasteiger charge is 2.33. The molecule has 29 heavy (non-hydrogen) atoms. The van der Waals surface area contributed by atoms with Gasteiger partial charge in [0.15, 0.2) is 0 Å². The molecule has 2 amide bonds. The molecular formula is C19H23FN6O3. The number of carbonyl (C=O) groups is 2. The first-order chi connectivity index (χ1) is 13.9. The molecule has 1 fully saturated rings. The fraction of sp³-hybridized carbons (Fsp3) is 0.421. The minimum atomic E-state index is -0.553. The lowest BCUT2D eigenvalue weighted by Crippen LogP contribution is -2.33. The Labute approximate surface area is 167 Å². The summed E-state index contributed by atoms with van der Waals surface area (Å²) < 4.78 is 21.9. The minimum absolute atomic E-state index is 0.198. The summed E-state index contributed by atoms with van der Waals surface area (Å²) in [6.45, 7) is 4.14. The van der Waals surface area contributed by atoms with Crippen LogP contribution in [0.4, 0.5) is 20.6 Å². The van der Waals surface area contributed by atoms with Crippen LogP contribution in [0.1, 0.15) is 18.2 Å². The average molecular weight is 402 g/mol. The number of nitrogens with zero attached hydrogens (tertiary/aromatic N) is 4. The third kappa shape index (κ3) is 3.88. The summed E-state index contributed by atoms with van der Waals surface area (Å²) in [5.41, 5.74) is 8.42. The predicted molar refractivity (Wildman–Crippen MR) is 104 cm³/mol. The van der Waals surface area contributed by atoms with Crippen LogP contribution in [0.25, 0.3) is 0 Å². The molecular weight excluding hydrogens is 379 g/mol. The summed E-state index contributed by atoms with van der Waals surface area (Å²) in [7, 11) is 0. The molecule has 9 nitrogen and oxygen atoms in total. The molecule has 154 valence electrons. The first-order valence-electron chi connectivity index (χ1n) is 9.47. The van der Waals surface area contributed by atoms with E-state index in [0.717, 1.165) is 11.3 Å². The lowest BCUT2D eigenvalue weighted by atomic mass is 10.2. The van der Waals surface area contributed by atoms with Gasteiger partial charge in [-0.3, -0.25) is 14.4 Å². The molecule has 0 bridgehead atoms. The van der Waals surface area contributed by atoms with Gasteiger partial charge in [-0.25, -0.2) is 9.18 Å². The van der Waals surface area contributed by atoms with E-state index in [9.17, 15) is 14.0 Å². The van der Waals surface area contributed by atoms with Crippen molar-refractivity contribution in [3.8, 4) is 0 Å². The maximum absolute atomic E-state index is 14.8. The molecule has 3 heterocycles. The van der Waals surface area contributed by atoms with Crippen LogP contribution in [0.3, 0.4) is 0 Å². The third-order valence-electron chi connectivity index (χ3n) is 5.02. The zero-order valence-electron chi connectivity index (χ0n) is 16.1. The van der Waals surface area contributed by atoms with Gasteiger partial charge in [-0.2, -0.15) is 5.10 Å². The molecule has 3 N–H and O–H groups in total. The zero-order chi connectivity index (χ0) is 20.5. The van der Waals surface area contributed by atoms with E-state index in [1.54, 1.807) is 12.1 Å². The van der Waals surface area contributed by atoms with Gasteiger partial charge in [-0.05, 0) is 18.2 Å². The maximum atomic E-state index is 14.8. The van der Waals surface area contributed by atoms with E-state index in [1.165, 1.54) is 17.9 Å². The monoisotopic (exact) mass is 402 g/mol. The number of ether oxygens (including phenoxy) is 1. The second-order valence-corrected chi connectivity index (χ2v) is 7.20. The highest BCUT2D eigenvalue weighted by atomic mass is 19.1. The van der Waals surface area contributed by atoms with Crippen LogP contribution in [0.15, 0.2) is 24.4 Å². The van der Waals surface area contributed by atoms with Crippen molar-refractivity contribution in [1.82, 2.24) is 15.1 Å². The normalized spacial score (nSPS) is 18.2. The second-order valence-electron chi connectivity index (χ2n) is 7.20. The van der Waals surface area contributed by atoms with Gasteiger partial charge in [0.1, 0.15) is 11.9 Å². The summed E-state index contributed by atoms with van der Waals surface area (Å²) in [4.78, 5) is 26.4. The van der Waals surface area contributed by atoms with Crippen molar-refractivity contribution in [3.05, 3.63) is 41.5 Å². The molecule has 0 unspecified atom stereocenters. The number of nitrogens with one attached hydrogen (secondary N) is 1. The predicted octanol–water partition coefficient (Wildman–Crippen LogP) is 0.962. The number of nitrogens with two attached hydrogens (primary N) is 1. The van der Waals surface area contributed by atoms with E-state index in [1.807, 2.05) is 15.8 Å². The van der Waals surface area contributed by atoms with Crippen molar-refractivity contribution >= 4 is 23.4 Å². The van der Waals surface area contributed by atoms with E-state index in [0.29, 0.717) is 37.6 Å². The number of hydrogen-bond acceptors (Lipinski definition) is 6. The largest absolute Gasteiger partial charge is 0.442 e. The molecule has 1 saturated heterocycles. The molecule has 1 aromatic carbocycles. The third-order valence-corrected chi connectivity index (χ3v) is 5.02. The van der Waals surface area contributed by atoms with Crippen LogP contribution in [0.2, 0.25) is 0 Å². The number of aromatic nitrogens is 2. The van der Waals surface area contributed by atoms with Crippen LogP contribution in [0.5, 0.6) is 0 Å². The fourth-order valence-corrected chi connectivity index (χ4v) is 3.64. The van der Waals surface area contributed by atoms with E-state index in [-0.39, 0.29) is 19.0 Å². The van der Waals surface area contributed by atoms with E-state index in [4.69, 9.17) is 10.5 Å². The van der Waals surface area contributed by atoms with Gasteiger partial charge in [0.2, 0.25) is 5.91 Å². The Bertz CT molecular complexity index is 923. The molecule has 2 aliphatic heterocycles. The summed E-state index contributed by atoms with van der Waals surface area (Å²) in [5, 5.41) is 7.11. The number of rotatable bonds is 6. The molecule has 1 aromatic heterocycles. The minimum Gasteiger partial charge on any atom is -0.442 e. The maximum Gasteiger partial charge on any atom is 0.414 e. The number of carbonyl (C=O) groups excluding carboxylic acids is 2. The molecule has 10 heteroatoms. The highest BCUT2D eigenvalue weighted by Crippen LogP contribution is 2.32. The Hall–Kier alpha value is -3.14. The van der Waals surface area contributed by atoms with E-state index >= 15 is 0 Å². The SMILES string of the molecule is CC(=O)NC[C@H]1CN(c2ccc(N3Cc4cn(CCN)nc4C3)c(F)c2)C(=O)O1. The van der Waals surface area contributed by atoms with Gasteiger partial charge in [-0.1, -0.05) is 0 Å². The summed E-state index contributed by atoms with van der Waals surface area (Å²) in [6.07, 6.45) is 0.931. The molecule has 2 aliphatic rings. The molecule has 4 rings (SSSR count). The van der Waals surface area contributed by atoms with Crippen molar-refractivity contribution in [2.24, 2.45) is 5.73 Å². The topological polar surface area (TPSA) is 106 Å². The van der Waals surface area contributed by atoms with Crippen molar-refractivity contribution in [2.45, 2.75) is 32.7 Å². The number of anilines is 2. The number of fused-ring (bicyclic) bond motifs is 1. The van der Waals surface area contributed by atoms with Crippen molar-refractivity contribution in [2.75, 3.05) is 29.4 Å². The van der Waals surface area contributed by atoms with Crippen LogP contribution in [0, 0.1) is 5.82 Å². The Morgan fingerprint density at radius 1 is 1.41 bits per heavy atom. The number of amides is 2. The number of halogens is 1. The number of cyclic esters (lactones) is 1. The van der Waals surface area contributed by atoms with Gasteiger partial charge in [0.05, 0.1) is 43.2 Å². The Morgan fingerprint density at radius 3 is 2.93 bits per heavy atom. The van der Waals surface area contributed by atoms with Crippen molar-refractivity contribution in [3.63, 3.8) is 0 Å². The van der Waals surface area contributed by atoms with Crippen molar-refractivity contribution < 1.29 is 18.7 Å². The van der Waals surface area contributed by atoms with Gasteiger partial charge in [0, 0.05) is 31.8 Å². The van der Waals surface area contributed by atoms with Crippen LogP contribution < -0.4 is 20.9 Å². The molecule has 0 aliphatic carbocycles. The lowest BCUT2D eigenvalue weighted by molar-refractivity contribution is -0.119. The molecule has 2 aromatic rings. The fourth-order valence-electron chi connectivity index (χ4n) is 3.64. The van der Waals surface area contributed by atoms with Crippen LogP contribution in [-0.4, -0.2) is 47.5 Å². The van der Waals surface area contributed by atoms with E-state index in [2.05, 4.69) is 10.4 Å². The van der Waals surface area contributed by atoms with Gasteiger partial charge >= 0.3 is 6.09 Å². The lowest BCUT2D eigenvalue weighted by Gasteiger charge is -2.21. The summed E-state index contributed by atoms with van der Waals surface area (Å²) >= 11 is 0. The smallest absolute Gasteiger partial charge is 0.414 e. The number of hydrogen-bond donors (Lipinski definition) is 2. The molecule has 0 radical (unpaired) electrons. The Morgan fingerprint density at radius 2 is 2.24 bits per heavy atom. The van der Waals surface area contributed by atoms with Crippen LogP contribution >= 0.6 is 0 Å². The molecule has 0 spiro atoms. The first-order valence-corrected chi connectivity index (χ1v) is 9.47. The van der Waals surface area contributed by atoms with E-state index < -0.39 is 18.0 Å². The molecule has 1 atom stereocenters. The van der Waals surface area contributed by atoms with Gasteiger partial charge < -0.3 is 20.7 Å². The Kier molecular flexibility index (Phi) is 5.10. The average Bonchev–Trinajstić information content (AvgIpc) is 3.33. The summed E-state index contributed by atoms with van der Waals surface area (Å²) in [5.74, 6) is -0.614. The Balaban J connectivity index is 1.44.